The van der Waals surface area contributed by atoms with E-state index in [-0.39, 0.29) is 32.0 Å². The van der Waals surface area contributed by atoms with Crippen LogP contribution in [-0.2, 0) is 32.7 Å². The lowest BCUT2D eigenvalue weighted by Gasteiger charge is -2.28. The molecule has 0 rings (SSSR count). The Morgan fingerprint density at radius 2 is 0.574 bits per heavy atom. The summed E-state index contributed by atoms with van der Waals surface area (Å²) in [6, 6.07) is 0. The number of quaternary nitrogens is 1. The third-order valence-corrected chi connectivity index (χ3v) is 17.6. The SMILES string of the molecule is CC/C=C\C/C=C\C/C=C\C/C=C\C/C=C\C/C=C\C/C=C\CCCCCCCCCCCCCCCCCCCCCC(=O)OC(COC(=O)CCCCCCCCCCCCCCCCCC/C=C\C/C=C\C/C=C\C/C=C\CC)COP(=O)([O-])OCC[N+](C)(C)C. The quantitative estimate of drug-likeness (QED) is 0.0195. The van der Waals surface area contributed by atoms with Crippen molar-refractivity contribution in [3.05, 3.63) is 134 Å². The summed E-state index contributed by atoms with van der Waals surface area (Å²) >= 11 is 0. The number of phosphoric ester groups is 1. The number of carbonyl (C=O) groups excluding carboxylic acids is 2. The highest BCUT2D eigenvalue weighted by atomic mass is 31.2. The van der Waals surface area contributed by atoms with Crippen molar-refractivity contribution in [2.24, 2.45) is 0 Å². The minimum atomic E-state index is -4.65. The summed E-state index contributed by atoms with van der Waals surface area (Å²) in [6.07, 6.45) is 107. The molecule has 0 amide bonds. The molecule has 0 aromatic heterocycles. The highest BCUT2D eigenvalue weighted by molar-refractivity contribution is 7.45. The number of nitrogens with zero attached hydrogens (tertiary/aromatic N) is 1. The first-order valence-corrected chi connectivity index (χ1v) is 40.4. The Labute approximate surface area is 581 Å². The Hall–Kier alpha value is -3.85. The Morgan fingerprint density at radius 3 is 0.851 bits per heavy atom. The van der Waals surface area contributed by atoms with E-state index in [0.717, 1.165) is 109 Å². The van der Waals surface area contributed by atoms with Gasteiger partial charge in [-0.1, -0.05) is 347 Å². The van der Waals surface area contributed by atoms with E-state index in [4.69, 9.17) is 18.5 Å². The third kappa shape index (κ3) is 77.2. The fraction of sp³-hybridized carbons (Fsp3) is 0.714. The average Bonchev–Trinajstić information content (AvgIpc) is 1.57. The van der Waals surface area contributed by atoms with Crippen LogP contribution in [0.5, 0.6) is 0 Å². The van der Waals surface area contributed by atoms with Gasteiger partial charge in [0.25, 0.3) is 7.82 Å². The summed E-state index contributed by atoms with van der Waals surface area (Å²) in [6.45, 7) is 4.05. The van der Waals surface area contributed by atoms with E-state index in [2.05, 4.69) is 148 Å². The van der Waals surface area contributed by atoms with Crippen molar-refractivity contribution in [2.45, 2.75) is 341 Å². The molecule has 0 aromatic carbocycles. The van der Waals surface area contributed by atoms with Gasteiger partial charge in [-0.05, 0) is 109 Å². The van der Waals surface area contributed by atoms with Crippen molar-refractivity contribution in [3.8, 4) is 0 Å². The van der Waals surface area contributed by atoms with E-state index in [0.29, 0.717) is 17.4 Å². The summed E-state index contributed by atoms with van der Waals surface area (Å²) in [5.74, 6) is -0.823. The van der Waals surface area contributed by atoms with Crippen LogP contribution in [0.25, 0.3) is 0 Å². The molecule has 94 heavy (non-hydrogen) atoms. The molecule has 0 radical (unpaired) electrons. The van der Waals surface area contributed by atoms with Gasteiger partial charge in [-0.2, -0.15) is 0 Å². The highest BCUT2D eigenvalue weighted by Crippen LogP contribution is 2.38. The first kappa shape index (κ1) is 90.2. The second-order valence-corrected chi connectivity index (χ2v) is 28.4. The largest absolute Gasteiger partial charge is 0.756 e. The van der Waals surface area contributed by atoms with E-state index in [1.54, 1.807) is 0 Å². The van der Waals surface area contributed by atoms with E-state index in [1.165, 1.54) is 193 Å². The van der Waals surface area contributed by atoms with E-state index in [9.17, 15) is 19.0 Å². The third-order valence-electron chi connectivity index (χ3n) is 16.7. The van der Waals surface area contributed by atoms with Gasteiger partial charge >= 0.3 is 11.9 Å². The van der Waals surface area contributed by atoms with Gasteiger partial charge in [0, 0.05) is 12.8 Å². The Kier molecular flexibility index (Phi) is 70.4. The Balaban J connectivity index is 3.96. The summed E-state index contributed by atoms with van der Waals surface area (Å²) < 4.78 is 34.4. The predicted octanol–water partition coefficient (Wildman–Crippen LogP) is 25.3. The molecule has 10 heteroatoms. The van der Waals surface area contributed by atoms with E-state index >= 15 is 0 Å². The van der Waals surface area contributed by atoms with Crippen LogP contribution in [0.15, 0.2) is 134 Å². The lowest BCUT2D eigenvalue weighted by Crippen LogP contribution is -2.37. The normalized spacial score (nSPS) is 13.8. The van der Waals surface area contributed by atoms with Crippen molar-refractivity contribution in [1.29, 1.82) is 0 Å². The molecule has 540 valence electrons. The van der Waals surface area contributed by atoms with Crippen molar-refractivity contribution < 1.29 is 42.1 Å². The molecule has 0 N–H and O–H groups in total. The number of allylic oxidation sites excluding steroid dienone is 22. The van der Waals surface area contributed by atoms with Gasteiger partial charge in [0.05, 0.1) is 27.7 Å². The number of hydrogen-bond donors (Lipinski definition) is 0. The monoisotopic (exact) mass is 1330 g/mol. The first-order valence-electron chi connectivity index (χ1n) is 38.9. The molecule has 0 fully saturated rings. The molecule has 0 bridgehead atoms. The summed E-state index contributed by atoms with van der Waals surface area (Å²) in [4.78, 5) is 38.2. The number of rotatable bonds is 71. The van der Waals surface area contributed by atoms with Gasteiger partial charge in [-0.25, -0.2) is 0 Å². The molecule has 0 saturated heterocycles. The maximum absolute atomic E-state index is 12.9. The average molecular weight is 1330 g/mol. The molecule has 2 atom stereocenters. The Morgan fingerprint density at radius 1 is 0.330 bits per heavy atom. The minimum Gasteiger partial charge on any atom is -0.756 e. The molecule has 2 unspecified atom stereocenters. The molecule has 0 aromatic rings. The zero-order valence-corrected chi connectivity index (χ0v) is 62.5. The minimum absolute atomic E-state index is 0.0332. The molecular formula is C84H146NO8P. The number of likely N-dealkylation sites (N-methyl/N-ethyl adjacent to an activating group) is 1. The molecule has 0 aliphatic rings. The lowest BCUT2D eigenvalue weighted by atomic mass is 10.0. The maximum atomic E-state index is 12.9. The van der Waals surface area contributed by atoms with Crippen molar-refractivity contribution in [1.82, 2.24) is 0 Å². The summed E-state index contributed by atoms with van der Waals surface area (Å²) in [5, 5.41) is 0. The predicted molar refractivity (Wildman–Crippen MR) is 406 cm³/mol. The maximum Gasteiger partial charge on any atom is 0.306 e. The van der Waals surface area contributed by atoms with Gasteiger partial charge in [0.1, 0.15) is 19.8 Å². The van der Waals surface area contributed by atoms with Crippen LogP contribution in [0, 0.1) is 0 Å². The van der Waals surface area contributed by atoms with Crippen molar-refractivity contribution in [3.63, 3.8) is 0 Å². The van der Waals surface area contributed by atoms with E-state index in [1.807, 2.05) is 21.1 Å². The van der Waals surface area contributed by atoms with Crippen LogP contribution in [0.3, 0.4) is 0 Å². The number of carbonyl (C=O) groups is 2. The van der Waals surface area contributed by atoms with Crippen LogP contribution in [-0.4, -0.2) is 70.0 Å². The molecule has 9 nitrogen and oxygen atoms in total. The fourth-order valence-electron chi connectivity index (χ4n) is 10.8. The second kappa shape index (κ2) is 73.4. The number of unbranched alkanes of at least 4 members (excludes halogenated alkanes) is 35. The zero-order valence-electron chi connectivity index (χ0n) is 61.6. The molecule has 0 spiro atoms. The molecule has 0 heterocycles. The number of hydrogen-bond acceptors (Lipinski definition) is 8. The highest BCUT2D eigenvalue weighted by Gasteiger charge is 2.22. The van der Waals surface area contributed by atoms with Crippen LogP contribution in [0.1, 0.15) is 335 Å². The fourth-order valence-corrected chi connectivity index (χ4v) is 11.5. The smallest absolute Gasteiger partial charge is 0.306 e. The van der Waals surface area contributed by atoms with Crippen molar-refractivity contribution in [2.75, 3.05) is 47.5 Å². The first-order chi connectivity index (χ1) is 46.0. The van der Waals surface area contributed by atoms with Gasteiger partial charge in [0.15, 0.2) is 6.10 Å². The lowest BCUT2D eigenvalue weighted by molar-refractivity contribution is -0.870. The van der Waals surface area contributed by atoms with Crippen LogP contribution < -0.4 is 4.89 Å². The number of phosphoric acid groups is 1. The van der Waals surface area contributed by atoms with Crippen molar-refractivity contribution >= 4 is 19.8 Å². The van der Waals surface area contributed by atoms with Crippen LogP contribution in [0.4, 0.5) is 0 Å². The summed E-state index contributed by atoms with van der Waals surface area (Å²) in [5.41, 5.74) is 0. The van der Waals surface area contributed by atoms with Gasteiger partial charge in [0.2, 0.25) is 0 Å². The molecule has 0 saturated carbocycles. The Bertz CT molecular complexity index is 2050. The van der Waals surface area contributed by atoms with Crippen LogP contribution >= 0.6 is 7.82 Å². The second-order valence-electron chi connectivity index (χ2n) is 27.0. The van der Waals surface area contributed by atoms with E-state index < -0.39 is 26.5 Å². The van der Waals surface area contributed by atoms with Crippen LogP contribution in [0.2, 0.25) is 0 Å². The molecule has 0 aliphatic carbocycles. The topological polar surface area (TPSA) is 111 Å². The molecular weight excluding hydrogens is 1180 g/mol. The van der Waals surface area contributed by atoms with Gasteiger partial charge in [-0.15, -0.1) is 0 Å². The zero-order chi connectivity index (χ0) is 68.3. The van der Waals surface area contributed by atoms with Gasteiger partial charge in [-0.3, -0.25) is 14.2 Å². The summed E-state index contributed by atoms with van der Waals surface area (Å²) in [7, 11) is 1.17. The molecule has 0 aliphatic heterocycles. The number of esters is 2. The standard InChI is InChI=1S/C84H146NO8P/c1-6-8-10-12-14-16-18-20-22-24-26-28-30-32-34-36-37-38-39-40-41-42-43-44-45-46-47-49-51-53-55-57-59-61-63-65-67-69-71-73-75-77-84(87)93-82(81-92-94(88,89)91-79-78-85(3,4)5)80-90-83(86)76-74-72-70-68-66-64-62-60-58-56-54-52-50-48-35-33-31-29-27-25-23-21-19-17-15-13-11-9-7-2/h8-11,14-17,20-23,26-29,32,34,37-38,40-41,82H,6-7,12-13,18-19,24-25,30-31,33,35-36,39,42-81H2,1-5H3/b10-8-,11-9-,16-14-,17-15-,22-20-,23-21-,28-26-,29-27-,34-32-,38-37-,41-40-. The number of ether oxygens (including phenoxy) is 2. The van der Waals surface area contributed by atoms with Gasteiger partial charge < -0.3 is 27.9 Å².